The number of imide groups is 1. The molecule has 0 spiro atoms. The highest BCUT2D eigenvalue weighted by atomic mass is 32.2. The first-order valence-electron chi connectivity index (χ1n) is 15.9. The van der Waals surface area contributed by atoms with Gasteiger partial charge in [-0.25, -0.2) is 8.70 Å². The lowest BCUT2D eigenvalue weighted by atomic mass is 9.93. The highest BCUT2D eigenvalue weighted by Crippen LogP contribution is 2.37. The lowest BCUT2D eigenvalue weighted by Crippen LogP contribution is -2.51. The summed E-state index contributed by atoms with van der Waals surface area (Å²) in [4.78, 5) is 51.9. The van der Waals surface area contributed by atoms with E-state index in [0.717, 1.165) is 17.9 Å². The minimum Gasteiger partial charge on any atom is -0.361 e. The average molecular weight is 660 g/mol. The number of hydrogen-bond donors (Lipinski definition) is 2. The van der Waals surface area contributed by atoms with Crippen LogP contribution in [0.5, 0.6) is 0 Å². The van der Waals surface area contributed by atoms with Gasteiger partial charge in [-0.3, -0.25) is 24.5 Å². The molecule has 2 aliphatic heterocycles. The van der Waals surface area contributed by atoms with Crippen LogP contribution >= 0.6 is 11.9 Å². The van der Waals surface area contributed by atoms with Crippen LogP contribution in [0.3, 0.4) is 0 Å². The molecule has 4 amide bonds. The number of carbonyl (C=O) groups excluding carboxylic acids is 4. The maximum absolute atomic E-state index is 15.5. The van der Waals surface area contributed by atoms with Gasteiger partial charge in [-0.1, -0.05) is 48.7 Å². The van der Waals surface area contributed by atoms with Gasteiger partial charge in [0.2, 0.25) is 24.1 Å². The predicted octanol–water partition coefficient (Wildman–Crippen LogP) is 5.92. The molecule has 3 aromatic carbocycles. The standard InChI is InChI=1S/C36H42FN5O4S/c1-36(2)16-5-6-17-42(36)47-22-25-8-7-9-27(18-25)38-34(45)20-24-10-12-28(29(37)19-24)26-11-13-30(32(21-26)40(3)23-43)41(4)31-14-15-33(44)39-35(31)46/h7-13,18-19,21,23,31H,5-6,14-17,20,22H2,1-4H3,(H,38,45)(H,39,44,46). The molecule has 47 heavy (non-hydrogen) atoms. The van der Waals surface area contributed by atoms with Gasteiger partial charge in [0.05, 0.1) is 17.8 Å². The molecule has 5 rings (SSSR count). The molecule has 3 aromatic rings. The highest BCUT2D eigenvalue weighted by molar-refractivity contribution is 7.96. The van der Waals surface area contributed by atoms with Crippen molar-refractivity contribution in [2.75, 3.05) is 35.8 Å². The molecule has 0 bridgehead atoms. The Kier molecular flexibility index (Phi) is 10.7. The van der Waals surface area contributed by atoms with Crippen molar-refractivity contribution in [3.8, 4) is 11.1 Å². The van der Waals surface area contributed by atoms with Crippen LogP contribution in [0.4, 0.5) is 21.5 Å². The van der Waals surface area contributed by atoms with E-state index in [1.54, 1.807) is 49.3 Å². The van der Waals surface area contributed by atoms with Crippen LogP contribution in [0.15, 0.2) is 60.7 Å². The van der Waals surface area contributed by atoms with Gasteiger partial charge in [0.25, 0.3) is 0 Å². The predicted molar refractivity (Wildman–Crippen MR) is 186 cm³/mol. The Morgan fingerprint density at radius 3 is 2.60 bits per heavy atom. The van der Waals surface area contributed by atoms with Crippen molar-refractivity contribution >= 4 is 53.1 Å². The highest BCUT2D eigenvalue weighted by Gasteiger charge is 2.32. The number of piperidine rings is 2. The number of likely N-dealkylation sites (N-methyl/N-ethyl adjacent to an activating group) is 1. The molecule has 9 nitrogen and oxygen atoms in total. The summed E-state index contributed by atoms with van der Waals surface area (Å²) in [5, 5.41) is 5.31. The molecule has 0 radical (unpaired) electrons. The first-order valence-corrected chi connectivity index (χ1v) is 16.9. The summed E-state index contributed by atoms with van der Waals surface area (Å²) in [6.45, 7) is 5.65. The molecular formula is C36H42FN5O4S. The largest absolute Gasteiger partial charge is 0.361 e. The van der Waals surface area contributed by atoms with E-state index in [0.29, 0.717) is 46.6 Å². The Morgan fingerprint density at radius 2 is 1.87 bits per heavy atom. The average Bonchev–Trinajstić information content (AvgIpc) is 3.03. The second kappa shape index (κ2) is 14.7. The van der Waals surface area contributed by atoms with Gasteiger partial charge in [0, 0.05) is 49.6 Å². The van der Waals surface area contributed by atoms with Crippen molar-refractivity contribution in [2.24, 2.45) is 0 Å². The second-order valence-electron chi connectivity index (χ2n) is 12.9. The first-order chi connectivity index (χ1) is 22.4. The summed E-state index contributed by atoms with van der Waals surface area (Å²) < 4.78 is 18.0. The summed E-state index contributed by atoms with van der Waals surface area (Å²) in [6.07, 6.45) is 4.87. The third-order valence-corrected chi connectivity index (χ3v) is 10.4. The SMILES string of the molecule is CN(C=O)c1cc(-c2ccc(CC(=O)Nc3cccc(CSN4CCCCC4(C)C)c3)cc2F)ccc1N(C)C1CCC(=O)NC1=O. The van der Waals surface area contributed by atoms with Crippen LogP contribution in [-0.2, 0) is 31.4 Å². The molecule has 2 heterocycles. The van der Waals surface area contributed by atoms with Crippen molar-refractivity contribution in [1.29, 1.82) is 0 Å². The second-order valence-corrected chi connectivity index (χ2v) is 13.9. The summed E-state index contributed by atoms with van der Waals surface area (Å²) in [7, 11) is 3.30. The van der Waals surface area contributed by atoms with Gasteiger partial charge in [0.15, 0.2) is 0 Å². The zero-order valence-electron chi connectivity index (χ0n) is 27.3. The Morgan fingerprint density at radius 1 is 1.06 bits per heavy atom. The van der Waals surface area contributed by atoms with Gasteiger partial charge < -0.3 is 15.1 Å². The van der Waals surface area contributed by atoms with Crippen LogP contribution in [0.1, 0.15) is 57.1 Å². The van der Waals surface area contributed by atoms with E-state index in [4.69, 9.17) is 0 Å². The molecule has 2 saturated heterocycles. The molecule has 1 unspecified atom stereocenters. The Labute approximate surface area is 280 Å². The molecule has 11 heteroatoms. The van der Waals surface area contributed by atoms with Crippen LogP contribution in [0.2, 0.25) is 0 Å². The molecule has 2 fully saturated rings. The molecule has 0 aliphatic carbocycles. The molecule has 248 valence electrons. The Hall–Kier alpha value is -4.22. The van der Waals surface area contributed by atoms with Crippen molar-refractivity contribution in [3.63, 3.8) is 0 Å². The van der Waals surface area contributed by atoms with E-state index < -0.39 is 17.8 Å². The van der Waals surface area contributed by atoms with Crippen LogP contribution in [0, 0.1) is 5.82 Å². The van der Waals surface area contributed by atoms with Crippen molar-refractivity contribution < 1.29 is 23.6 Å². The third kappa shape index (κ3) is 8.20. The lowest BCUT2D eigenvalue weighted by Gasteiger charge is -2.41. The Bertz CT molecular complexity index is 1660. The van der Waals surface area contributed by atoms with E-state index in [-0.39, 0.29) is 30.2 Å². The summed E-state index contributed by atoms with van der Waals surface area (Å²) in [6, 6.07) is 17.1. The molecule has 0 aromatic heterocycles. The zero-order valence-corrected chi connectivity index (χ0v) is 28.2. The first kappa shape index (κ1) is 34.1. The van der Waals surface area contributed by atoms with Crippen molar-refractivity contribution in [2.45, 2.75) is 69.7 Å². The molecule has 1 atom stereocenters. The van der Waals surface area contributed by atoms with E-state index in [9.17, 15) is 19.2 Å². The fraction of sp³-hybridized carbons (Fsp3) is 0.389. The lowest BCUT2D eigenvalue weighted by molar-refractivity contribution is -0.134. The van der Waals surface area contributed by atoms with Gasteiger partial charge in [-0.15, -0.1) is 0 Å². The molecule has 2 aliphatic rings. The van der Waals surface area contributed by atoms with Crippen LogP contribution < -0.4 is 20.4 Å². The van der Waals surface area contributed by atoms with E-state index in [1.807, 2.05) is 30.1 Å². The summed E-state index contributed by atoms with van der Waals surface area (Å²) >= 11 is 1.83. The smallest absolute Gasteiger partial charge is 0.249 e. The number of benzene rings is 3. The number of hydrogen-bond acceptors (Lipinski definition) is 7. The number of halogens is 1. The van der Waals surface area contributed by atoms with E-state index in [2.05, 4.69) is 34.9 Å². The third-order valence-electron chi connectivity index (χ3n) is 8.95. The van der Waals surface area contributed by atoms with E-state index >= 15 is 4.39 Å². The molecule has 2 N–H and O–H groups in total. The number of amides is 4. The maximum atomic E-state index is 15.5. The van der Waals surface area contributed by atoms with Crippen LogP contribution in [-0.4, -0.2) is 60.7 Å². The maximum Gasteiger partial charge on any atom is 0.249 e. The van der Waals surface area contributed by atoms with Crippen molar-refractivity contribution in [1.82, 2.24) is 9.62 Å². The number of nitrogens with zero attached hydrogens (tertiary/aromatic N) is 3. The molecular weight excluding hydrogens is 617 g/mol. The number of nitrogens with one attached hydrogen (secondary N) is 2. The Balaban J connectivity index is 1.25. The van der Waals surface area contributed by atoms with E-state index in [1.165, 1.54) is 30.2 Å². The minimum atomic E-state index is -0.590. The van der Waals surface area contributed by atoms with Gasteiger partial charge >= 0.3 is 0 Å². The zero-order chi connectivity index (χ0) is 33.7. The van der Waals surface area contributed by atoms with Crippen LogP contribution in [0.25, 0.3) is 11.1 Å². The summed E-state index contributed by atoms with van der Waals surface area (Å²) in [5.41, 5.74) is 4.44. The topological polar surface area (TPSA) is 102 Å². The van der Waals surface area contributed by atoms with Gasteiger partial charge in [-0.2, -0.15) is 0 Å². The normalized spacial score (nSPS) is 17.9. The minimum absolute atomic E-state index is 0.00691. The number of anilines is 3. The molecule has 0 saturated carbocycles. The fourth-order valence-corrected chi connectivity index (χ4v) is 7.40. The van der Waals surface area contributed by atoms with Gasteiger partial charge in [-0.05, 0) is 80.1 Å². The quantitative estimate of drug-likeness (QED) is 0.150. The van der Waals surface area contributed by atoms with Crippen molar-refractivity contribution in [3.05, 3.63) is 77.6 Å². The number of carbonyl (C=O) groups is 4. The fourth-order valence-electron chi connectivity index (χ4n) is 6.21. The number of rotatable bonds is 11. The summed E-state index contributed by atoms with van der Waals surface area (Å²) in [5.74, 6) is -0.635. The monoisotopic (exact) mass is 659 g/mol. The van der Waals surface area contributed by atoms with Gasteiger partial charge in [0.1, 0.15) is 11.9 Å².